The van der Waals surface area contributed by atoms with Gasteiger partial charge in [-0.15, -0.1) is 21.5 Å². The second-order valence-electron chi connectivity index (χ2n) is 7.59. The van der Waals surface area contributed by atoms with Gasteiger partial charge in [-0.2, -0.15) is 0 Å². The highest BCUT2D eigenvalue weighted by molar-refractivity contribution is 9.10. The van der Waals surface area contributed by atoms with Gasteiger partial charge in [0.2, 0.25) is 0 Å². The van der Waals surface area contributed by atoms with E-state index in [1.54, 1.807) is 16.6 Å². The summed E-state index contributed by atoms with van der Waals surface area (Å²) in [4.78, 5) is 1.55. The van der Waals surface area contributed by atoms with Crippen molar-refractivity contribution in [2.24, 2.45) is 5.92 Å². The molecule has 0 N–H and O–H groups in total. The lowest BCUT2D eigenvalue weighted by molar-refractivity contribution is 0.507. The Morgan fingerprint density at radius 1 is 1.33 bits per heavy atom. The summed E-state index contributed by atoms with van der Waals surface area (Å²) in [5.41, 5.74) is 4.10. The first-order valence-electron chi connectivity index (χ1n) is 9.44. The van der Waals surface area contributed by atoms with Crippen LogP contribution in [0.1, 0.15) is 49.2 Å². The van der Waals surface area contributed by atoms with E-state index >= 15 is 0 Å². The van der Waals surface area contributed by atoms with E-state index in [9.17, 15) is 0 Å². The van der Waals surface area contributed by atoms with Crippen molar-refractivity contribution in [3.8, 4) is 11.4 Å². The first kappa shape index (κ1) is 19.2. The second-order valence-corrected chi connectivity index (χ2v) is 10.4. The van der Waals surface area contributed by atoms with E-state index in [4.69, 9.17) is 0 Å². The van der Waals surface area contributed by atoms with Gasteiger partial charge < -0.3 is 0 Å². The average Bonchev–Trinajstić information content (AvgIpc) is 3.23. The summed E-state index contributed by atoms with van der Waals surface area (Å²) in [6, 6.07) is 8.80. The largest absolute Gasteiger partial charge is 0.299 e. The van der Waals surface area contributed by atoms with E-state index in [1.807, 2.05) is 11.3 Å². The second kappa shape index (κ2) is 8.10. The van der Waals surface area contributed by atoms with Gasteiger partial charge in [0.15, 0.2) is 11.0 Å². The fraction of sp³-hybridized carbons (Fsp3) is 0.429. The molecule has 1 atom stereocenters. The van der Waals surface area contributed by atoms with Crippen molar-refractivity contribution in [3.63, 3.8) is 0 Å². The minimum Gasteiger partial charge on any atom is -0.299 e. The van der Waals surface area contributed by atoms with E-state index in [1.165, 1.54) is 36.0 Å². The van der Waals surface area contributed by atoms with Crippen molar-refractivity contribution >= 4 is 39.0 Å². The molecule has 6 heteroatoms. The maximum Gasteiger partial charge on any atom is 0.192 e. The Labute approximate surface area is 177 Å². The molecule has 3 nitrogen and oxygen atoms in total. The smallest absolute Gasteiger partial charge is 0.192 e. The van der Waals surface area contributed by atoms with E-state index in [0.717, 1.165) is 27.1 Å². The summed E-state index contributed by atoms with van der Waals surface area (Å²) >= 11 is 7.22. The highest BCUT2D eigenvalue weighted by Gasteiger charge is 2.25. The summed E-state index contributed by atoms with van der Waals surface area (Å²) in [5, 5.41) is 12.5. The highest BCUT2D eigenvalue weighted by atomic mass is 79.9. The topological polar surface area (TPSA) is 30.7 Å². The zero-order chi connectivity index (χ0) is 19.0. The number of benzene rings is 1. The SMILES string of the molecule is CC(C)n1c(SCc2cccc(Br)c2)nnc1-c1csc2c1CC[C@@H](C)C2. The van der Waals surface area contributed by atoms with Crippen molar-refractivity contribution in [3.05, 3.63) is 50.1 Å². The van der Waals surface area contributed by atoms with Crippen molar-refractivity contribution in [2.45, 2.75) is 57.0 Å². The van der Waals surface area contributed by atoms with E-state index < -0.39 is 0 Å². The average molecular weight is 462 g/mol. The van der Waals surface area contributed by atoms with Gasteiger partial charge in [0.1, 0.15) is 0 Å². The molecule has 142 valence electrons. The zero-order valence-electron chi connectivity index (χ0n) is 15.9. The molecule has 1 aliphatic carbocycles. The zero-order valence-corrected chi connectivity index (χ0v) is 19.1. The molecule has 0 saturated heterocycles. The summed E-state index contributed by atoms with van der Waals surface area (Å²) < 4.78 is 3.42. The molecular formula is C21H24BrN3S2. The quantitative estimate of drug-likeness (QED) is 0.392. The molecule has 27 heavy (non-hydrogen) atoms. The molecule has 0 radical (unpaired) electrons. The first-order chi connectivity index (χ1) is 13.0. The molecule has 4 rings (SSSR count). The molecule has 2 aromatic heterocycles. The number of hydrogen-bond donors (Lipinski definition) is 0. The summed E-state index contributed by atoms with van der Waals surface area (Å²) in [7, 11) is 0. The lowest BCUT2D eigenvalue weighted by atomic mass is 9.88. The lowest BCUT2D eigenvalue weighted by Gasteiger charge is -2.19. The van der Waals surface area contributed by atoms with Gasteiger partial charge >= 0.3 is 0 Å². The molecule has 1 aliphatic rings. The van der Waals surface area contributed by atoms with Crippen LogP contribution in [-0.2, 0) is 18.6 Å². The predicted octanol–water partition coefficient (Wildman–Crippen LogP) is 6.77. The Kier molecular flexibility index (Phi) is 5.76. The Morgan fingerprint density at radius 3 is 2.96 bits per heavy atom. The van der Waals surface area contributed by atoms with Crippen LogP contribution in [0.25, 0.3) is 11.4 Å². The third kappa shape index (κ3) is 4.03. The molecule has 0 saturated carbocycles. The fourth-order valence-corrected chi connectivity index (χ4v) is 6.36. The minimum atomic E-state index is 0.332. The molecule has 0 aliphatic heterocycles. The van der Waals surface area contributed by atoms with Gasteiger partial charge in [-0.1, -0.05) is 46.7 Å². The van der Waals surface area contributed by atoms with Crippen LogP contribution in [0, 0.1) is 5.92 Å². The van der Waals surface area contributed by atoms with E-state index in [2.05, 4.69) is 81.1 Å². The van der Waals surface area contributed by atoms with Crippen LogP contribution in [0.2, 0.25) is 0 Å². The maximum atomic E-state index is 4.63. The third-order valence-electron chi connectivity index (χ3n) is 5.08. The van der Waals surface area contributed by atoms with Crippen molar-refractivity contribution < 1.29 is 0 Å². The number of hydrogen-bond acceptors (Lipinski definition) is 4. The Balaban J connectivity index is 1.64. The van der Waals surface area contributed by atoms with Crippen LogP contribution >= 0.6 is 39.0 Å². The van der Waals surface area contributed by atoms with Crippen LogP contribution in [0.3, 0.4) is 0 Å². The number of halogens is 1. The molecule has 0 fully saturated rings. The Hall–Kier alpha value is -1.11. The van der Waals surface area contributed by atoms with Crippen molar-refractivity contribution in [1.82, 2.24) is 14.8 Å². The molecule has 0 amide bonds. The van der Waals surface area contributed by atoms with Crippen LogP contribution in [-0.4, -0.2) is 14.8 Å². The first-order valence-corrected chi connectivity index (χ1v) is 12.1. The number of thioether (sulfide) groups is 1. The molecule has 0 unspecified atom stereocenters. The predicted molar refractivity (Wildman–Crippen MR) is 119 cm³/mol. The molecule has 0 bridgehead atoms. The summed E-state index contributed by atoms with van der Waals surface area (Å²) in [5.74, 6) is 2.72. The van der Waals surface area contributed by atoms with Gasteiger partial charge in [0.25, 0.3) is 0 Å². The van der Waals surface area contributed by atoms with Crippen LogP contribution in [0.15, 0.2) is 39.3 Å². The van der Waals surface area contributed by atoms with Gasteiger partial charge in [-0.3, -0.25) is 4.57 Å². The van der Waals surface area contributed by atoms with Crippen molar-refractivity contribution in [1.29, 1.82) is 0 Å². The fourth-order valence-electron chi connectivity index (χ4n) is 3.66. The van der Waals surface area contributed by atoms with E-state index in [-0.39, 0.29) is 0 Å². The molecule has 3 aromatic rings. The third-order valence-corrected chi connectivity index (χ3v) is 7.64. The summed E-state index contributed by atoms with van der Waals surface area (Å²) in [6.07, 6.45) is 3.65. The lowest BCUT2D eigenvalue weighted by Crippen LogP contribution is -2.10. The molecular weight excluding hydrogens is 438 g/mol. The normalized spacial score (nSPS) is 16.7. The molecule has 0 spiro atoms. The van der Waals surface area contributed by atoms with Gasteiger partial charge in [-0.05, 0) is 62.3 Å². The van der Waals surface area contributed by atoms with Crippen molar-refractivity contribution in [2.75, 3.05) is 0 Å². The summed E-state index contributed by atoms with van der Waals surface area (Å²) in [6.45, 7) is 6.80. The van der Waals surface area contributed by atoms with E-state index in [0.29, 0.717) is 6.04 Å². The Bertz CT molecular complexity index is 945. The number of nitrogens with zero attached hydrogens (tertiary/aromatic N) is 3. The number of thiophene rings is 1. The maximum absolute atomic E-state index is 4.63. The highest BCUT2D eigenvalue weighted by Crippen LogP contribution is 2.39. The van der Waals surface area contributed by atoms with Gasteiger partial charge in [-0.25, -0.2) is 0 Å². The standard InChI is InChI=1S/C21H24BrN3S2/c1-13(2)25-20(18-12-26-19-9-14(3)7-8-17(18)19)23-24-21(25)27-11-15-5-4-6-16(22)10-15/h4-6,10,12-14H,7-9,11H2,1-3H3/t14-/m1/s1. The number of aromatic nitrogens is 3. The van der Waals surface area contributed by atoms with Gasteiger partial charge in [0, 0.05) is 32.1 Å². The monoisotopic (exact) mass is 461 g/mol. The number of rotatable bonds is 5. The van der Waals surface area contributed by atoms with Crippen LogP contribution in [0.5, 0.6) is 0 Å². The van der Waals surface area contributed by atoms with Crippen LogP contribution in [0.4, 0.5) is 0 Å². The Morgan fingerprint density at radius 2 is 2.19 bits per heavy atom. The molecule has 2 heterocycles. The van der Waals surface area contributed by atoms with Crippen LogP contribution < -0.4 is 0 Å². The number of fused-ring (bicyclic) bond motifs is 1. The van der Waals surface area contributed by atoms with Gasteiger partial charge in [0.05, 0.1) is 0 Å². The minimum absolute atomic E-state index is 0.332. The molecule has 1 aromatic carbocycles.